The summed E-state index contributed by atoms with van der Waals surface area (Å²) < 4.78 is 13.1. The Kier molecular flexibility index (Phi) is 7.64. The molecule has 2 N–H and O–H groups in total. The highest BCUT2D eigenvalue weighted by Crippen LogP contribution is 2.17. The van der Waals surface area contributed by atoms with Crippen molar-refractivity contribution in [2.45, 2.75) is 12.8 Å². The van der Waals surface area contributed by atoms with Crippen LogP contribution in [0, 0.1) is 5.82 Å². The van der Waals surface area contributed by atoms with Gasteiger partial charge in [0.15, 0.2) is 0 Å². The first-order valence-electron chi connectivity index (χ1n) is 10.5. The second kappa shape index (κ2) is 10.6. The van der Waals surface area contributed by atoms with Crippen molar-refractivity contribution in [3.05, 3.63) is 59.9 Å². The maximum absolute atomic E-state index is 13.1. The minimum atomic E-state index is -0.429. The smallest absolute Gasteiger partial charge is 0.269 e. The lowest BCUT2D eigenvalue weighted by Crippen LogP contribution is -2.49. The fraction of sp³-hybridized carbons (Fsp3) is 0.348. The predicted octanol–water partition coefficient (Wildman–Crippen LogP) is 1.78. The summed E-state index contributed by atoms with van der Waals surface area (Å²) in [7, 11) is 3.81. The average Bonchev–Trinajstić information content (AvgIpc) is 2.81. The number of amides is 3. The Morgan fingerprint density at radius 2 is 1.50 bits per heavy atom. The zero-order chi connectivity index (χ0) is 23.1. The van der Waals surface area contributed by atoms with Crippen LogP contribution in [0.15, 0.2) is 48.5 Å². The number of nitrogens with one attached hydrogen (secondary N) is 2. The molecule has 2 aromatic carbocycles. The van der Waals surface area contributed by atoms with Crippen LogP contribution in [-0.2, 0) is 9.59 Å². The number of hydrogen-bond donors (Lipinski definition) is 2. The predicted molar refractivity (Wildman–Crippen MR) is 121 cm³/mol. The standard InChI is InChI=1S/C23H28FN5O3/c1-27(2)19-7-3-17(4-8-19)23(32)26-25-21(30)11-12-22(31)29-15-13-28(14-16-29)20-9-5-18(24)6-10-20/h3-10H,11-16H2,1-2H3,(H,25,30)(H,26,32). The molecule has 0 saturated carbocycles. The van der Waals surface area contributed by atoms with Gasteiger partial charge in [0.05, 0.1) is 0 Å². The van der Waals surface area contributed by atoms with Crippen LogP contribution in [0.4, 0.5) is 15.8 Å². The van der Waals surface area contributed by atoms with Gasteiger partial charge in [0.2, 0.25) is 11.8 Å². The van der Waals surface area contributed by atoms with Crippen LogP contribution in [-0.4, -0.2) is 62.9 Å². The molecule has 32 heavy (non-hydrogen) atoms. The van der Waals surface area contributed by atoms with Gasteiger partial charge in [-0.3, -0.25) is 25.2 Å². The SMILES string of the molecule is CN(C)c1ccc(C(=O)NNC(=O)CCC(=O)N2CCN(c3ccc(F)cc3)CC2)cc1. The van der Waals surface area contributed by atoms with Gasteiger partial charge in [-0.25, -0.2) is 4.39 Å². The number of carbonyl (C=O) groups is 3. The molecule has 2 aromatic rings. The van der Waals surface area contributed by atoms with Crippen molar-refractivity contribution in [3.63, 3.8) is 0 Å². The number of nitrogens with zero attached hydrogens (tertiary/aromatic N) is 3. The van der Waals surface area contributed by atoms with E-state index in [1.165, 1.54) is 12.1 Å². The molecule has 0 aliphatic carbocycles. The van der Waals surface area contributed by atoms with Crippen LogP contribution < -0.4 is 20.7 Å². The summed E-state index contributed by atoms with van der Waals surface area (Å²) in [5, 5.41) is 0. The molecule has 0 radical (unpaired) electrons. The lowest BCUT2D eigenvalue weighted by atomic mass is 10.2. The van der Waals surface area contributed by atoms with Gasteiger partial charge >= 0.3 is 0 Å². The number of piperazine rings is 1. The quantitative estimate of drug-likeness (QED) is 0.668. The zero-order valence-electron chi connectivity index (χ0n) is 18.3. The number of benzene rings is 2. The molecule has 170 valence electrons. The van der Waals surface area contributed by atoms with Gasteiger partial charge in [-0.15, -0.1) is 0 Å². The van der Waals surface area contributed by atoms with E-state index >= 15 is 0 Å². The van der Waals surface area contributed by atoms with Gasteiger partial charge < -0.3 is 14.7 Å². The first kappa shape index (κ1) is 23.1. The van der Waals surface area contributed by atoms with E-state index in [1.54, 1.807) is 29.2 Å². The number of hydrogen-bond acceptors (Lipinski definition) is 5. The fourth-order valence-electron chi connectivity index (χ4n) is 3.42. The lowest BCUT2D eigenvalue weighted by Gasteiger charge is -2.36. The first-order chi connectivity index (χ1) is 15.3. The molecule has 0 aromatic heterocycles. The summed E-state index contributed by atoms with van der Waals surface area (Å²) in [6.45, 7) is 2.37. The van der Waals surface area contributed by atoms with Gasteiger partial charge in [0.25, 0.3) is 5.91 Å². The summed E-state index contributed by atoms with van der Waals surface area (Å²) in [5.74, 6) is -1.24. The number of hydrazine groups is 1. The van der Waals surface area contributed by atoms with Gasteiger partial charge in [-0.05, 0) is 48.5 Å². The van der Waals surface area contributed by atoms with Crippen LogP contribution in [0.5, 0.6) is 0 Å². The largest absolute Gasteiger partial charge is 0.378 e. The number of carbonyl (C=O) groups excluding carboxylic acids is 3. The Morgan fingerprint density at radius 1 is 0.875 bits per heavy atom. The Bertz CT molecular complexity index is 939. The molecule has 0 unspecified atom stereocenters. The second-order valence-electron chi connectivity index (χ2n) is 7.79. The topological polar surface area (TPSA) is 85.0 Å². The van der Waals surface area contributed by atoms with Gasteiger partial charge in [0, 0.05) is 70.1 Å². The van der Waals surface area contributed by atoms with E-state index in [-0.39, 0.29) is 24.6 Å². The van der Waals surface area contributed by atoms with Gasteiger partial charge in [-0.2, -0.15) is 0 Å². The first-order valence-corrected chi connectivity index (χ1v) is 10.5. The van der Waals surface area contributed by atoms with Gasteiger partial charge in [0.1, 0.15) is 5.82 Å². The second-order valence-corrected chi connectivity index (χ2v) is 7.79. The maximum Gasteiger partial charge on any atom is 0.269 e. The molecule has 0 atom stereocenters. The van der Waals surface area contributed by atoms with Gasteiger partial charge in [-0.1, -0.05) is 0 Å². The Labute approximate surface area is 186 Å². The normalized spacial score (nSPS) is 13.5. The van der Waals surface area contributed by atoms with E-state index in [1.807, 2.05) is 31.1 Å². The molecule has 1 aliphatic rings. The van der Waals surface area contributed by atoms with E-state index in [9.17, 15) is 18.8 Å². The number of anilines is 2. The molecule has 9 heteroatoms. The summed E-state index contributed by atoms with van der Waals surface area (Å²) in [5.41, 5.74) is 7.02. The minimum Gasteiger partial charge on any atom is -0.378 e. The Hall–Kier alpha value is -3.62. The molecule has 0 spiro atoms. The Morgan fingerprint density at radius 3 is 2.09 bits per heavy atom. The van der Waals surface area contributed by atoms with Crippen molar-refractivity contribution in [1.29, 1.82) is 0 Å². The van der Waals surface area contributed by atoms with E-state index < -0.39 is 11.8 Å². The van der Waals surface area contributed by atoms with Crippen LogP contribution >= 0.6 is 0 Å². The molecule has 3 rings (SSSR count). The van der Waals surface area contributed by atoms with Crippen LogP contribution in [0.3, 0.4) is 0 Å². The Balaban J connectivity index is 1.37. The highest BCUT2D eigenvalue weighted by molar-refractivity contribution is 5.96. The molecule has 1 saturated heterocycles. The number of rotatable bonds is 6. The summed E-state index contributed by atoms with van der Waals surface area (Å²) in [6, 6.07) is 13.3. The third-order valence-corrected chi connectivity index (χ3v) is 5.35. The summed E-state index contributed by atoms with van der Waals surface area (Å²) in [6.07, 6.45) is 0.0483. The molecule has 3 amide bonds. The van der Waals surface area contributed by atoms with Crippen molar-refractivity contribution in [2.75, 3.05) is 50.1 Å². The van der Waals surface area contributed by atoms with Crippen LogP contribution in [0.1, 0.15) is 23.2 Å². The molecular weight excluding hydrogens is 413 g/mol. The van der Waals surface area contributed by atoms with Crippen molar-refractivity contribution in [1.82, 2.24) is 15.8 Å². The molecule has 0 bridgehead atoms. The monoisotopic (exact) mass is 441 g/mol. The van der Waals surface area contributed by atoms with E-state index in [0.29, 0.717) is 31.7 Å². The van der Waals surface area contributed by atoms with E-state index in [2.05, 4.69) is 15.8 Å². The third-order valence-electron chi connectivity index (χ3n) is 5.35. The average molecular weight is 442 g/mol. The van der Waals surface area contributed by atoms with Crippen molar-refractivity contribution >= 4 is 29.1 Å². The lowest BCUT2D eigenvalue weighted by molar-refractivity contribution is -0.134. The minimum absolute atomic E-state index is 0.0170. The van der Waals surface area contributed by atoms with E-state index in [0.717, 1.165) is 11.4 Å². The highest BCUT2D eigenvalue weighted by Gasteiger charge is 2.22. The third kappa shape index (κ3) is 6.19. The molecule has 1 aliphatic heterocycles. The van der Waals surface area contributed by atoms with Crippen molar-refractivity contribution < 1.29 is 18.8 Å². The molecule has 1 fully saturated rings. The molecular formula is C23H28FN5O3. The van der Waals surface area contributed by atoms with Crippen LogP contribution in [0.25, 0.3) is 0 Å². The zero-order valence-corrected chi connectivity index (χ0v) is 18.3. The fourth-order valence-corrected chi connectivity index (χ4v) is 3.42. The number of halogens is 1. The van der Waals surface area contributed by atoms with Crippen LogP contribution in [0.2, 0.25) is 0 Å². The van der Waals surface area contributed by atoms with Crippen molar-refractivity contribution in [3.8, 4) is 0 Å². The highest BCUT2D eigenvalue weighted by atomic mass is 19.1. The summed E-state index contributed by atoms with van der Waals surface area (Å²) in [4.78, 5) is 42.3. The maximum atomic E-state index is 13.1. The molecule has 8 nitrogen and oxygen atoms in total. The van der Waals surface area contributed by atoms with Crippen molar-refractivity contribution in [2.24, 2.45) is 0 Å². The van der Waals surface area contributed by atoms with E-state index in [4.69, 9.17) is 0 Å². The summed E-state index contributed by atoms with van der Waals surface area (Å²) >= 11 is 0. The molecule has 1 heterocycles.